The lowest BCUT2D eigenvalue weighted by Crippen LogP contribution is -2.34. The number of allylic oxidation sites excluding steroid dienone is 1. The van der Waals surface area contributed by atoms with Crippen molar-refractivity contribution in [3.05, 3.63) is 24.0 Å². The van der Waals surface area contributed by atoms with E-state index in [9.17, 15) is 4.79 Å². The maximum Gasteiger partial charge on any atom is 0.233 e. The average Bonchev–Trinajstić information content (AvgIpc) is 2.43. The minimum Gasteiger partial charge on any atom is -0.274 e. The van der Waals surface area contributed by atoms with Crippen molar-refractivity contribution < 1.29 is 4.79 Å². The van der Waals surface area contributed by atoms with E-state index in [1.165, 1.54) is 0 Å². The van der Waals surface area contributed by atoms with Gasteiger partial charge in [0.1, 0.15) is 5.82 Å². The number of carbonyl (C=O) groups excluding carboxylic acids is 1. The number of nitrogens with zero attached hydrogens (tertiary/aromatic N) is 3. The molecule has 0 saturated carbocycles. The highest BCUT2D eigenvalue weighted by Crippen LogP contribution is 2.30. The Bertz CT molecular complexity index is 457. The number of aromatic nitrogens is 2. The first-order valence-electron chi connectivity index (χ1n) is 5.41. The highest BCUT2D eigenvalue weighted by molar-refractivity contribution is 5.95. The van der Waals surface area contributed by atoms with Crippen LogP contribution in [0.2, 0.25) is 0 Å². The van der Waals surface area contributed by atoms with Crippen molar-refractivity contribution in [1.82, 2.24) is 9.78 Å². The molecule has 0 fully saturated rings. The fraction of sp³-hybridized carbons (Fsp3) is 0.500. The van der Waals surface area contributed by atoms with Gasteiger partial charge in [-0.2, -0.15) is 5.10 Å². The molecule has 0 aromatic carbocycles. The Hall–Kier alpha value is -1.58. The van der Waals surface area contributed by atoms with E-state index in [0.717, 1.165) is 11.5 Å². The molecule has 0 spiro atoms. The van der Waals surface area contributed by atoms with Crippen LogP contribution in [0.15, 0.2) is 18.3 Å². The molecule has 1 aliphatic heterocycles. The van der Waals surface area contributed by atoms with Gasteiger partial charge in [-0.3, -0.25) is 14.4 Å². The molecular weight excluding hydrogens is 202 g/mol. The second-order valence-electron chi connectivity index (χ2n) is 5.01. The Morgan fingerprint density at radius 3 is 2.62 bits per heavy atom. The van der Waals surface area contributed by atoms with Gasteiger partial charge in [0.2, 0.25) is 5.91 Å². The predicted octanol–water partition coefficient (Wildman–Crippen LogP) is 2.01. The first kappa shape index (κ1) is 10.9. The van der Waals surface area contributed by atoms with Crippen molar-refractivity contribution in [3.8, 4) is 0 Å². The van der Waals surface area contributed by atoms with Gasteiger partial charge in [-0.15, -0.1) is 0 Å². The Kier molecular flexibility index (Phi) is 2.37. The van der Waals surface area contributed by atoms with Gasteiger partial charge >= 0.3 is 0 Å². The van der Waals surface area contributed by atoms with E-state index in [1.807, 2.05) is 26.2 Å². The Morgan fingerprint density at radius 2 is 2.12 bits per heavy atom. The summed E-state index contributed by atoms with van der Waals surface area (Å²) < 4.78 is 1.73. The number of rotatable bonds is 1. The number of hydrogen-bond donors (Lipinski definition) is 0. The van der Waals surface area contributed by atoms with Crippen LogP contribution < -0.4 is 4.90 Å². The van der Waals surface area contributed by atoms with E-state index in [2.05, 4.69) is 25.0 Å². The molecule has 2 heterocycles. The molecule has 4 heteroatoms. The lowest BCUT2D eigenvalue weighted by atomic mass is 9.87. The van der Waals surface area contributed by atoms with Crippen molar-refractivity contribution in [3.63, 3.8) is 0 Å². The van der Waals surface area contributed by atoms with E-state index in [0.29, 0.717) is 6.42 Å². The minimum atomic E-state index is -0.0405. The Balaban J connectivity index is 2.36. The molecule has 0 saturated heterocycles. The molecule has 1 aromatic rings. The van der Waals surface area contributed by atoms with Crippen LogP contribution in [0.5, 0.6) is 0 Å². The third-order valence-corrected chi connectivity index (χ3v) is 2.77. The van der Waals surface area contributed by atoms with Gasteiger partial charge in [-0.1, -0.05) is 19.9 Å². The summed E-state index contributed by atoms with van der Waals surface area (Å²) in [4.78, 5) is 13.7. The number of carbonyl (C=O) groups is 1. The quantitative estimate of drug-likeness (QED) is 0.724. The average molecular weight is 219 g/mol. The second-order valence-corrected chi connectivity index (χ2v) is 5.01. The van der Waals surface area contributed by atoms with Gasteiger partial charge in [0.05, 0.1) is 5.69 Å². The summed E-state index contributed by atoms with van der Waals surface area (Å²) in [5.74, 6) is 0.949. The normalized spacial score (nSPS) is 19.2. The van der Waals surface area contributed by atoms with Crippen molar-refractivity contribution in [2.24, 2.45) is 12.5 Å². The van der Waals surface area contributed by atoms with Gasteiger partial charge in [0.25, 0.3) is 0 Å². The first-order valence-corrected chi connectivity index (χ1v) is 5.41. The summed E-state index contributed by atoms with van der Waals surface area (Å²) in [5, 5.41) is 4.25. The van der Waals surface area contributed by atoms with Crippen LogP contribution in [0.3, 0.4) is 0 Å². The van der Waals surface area contributed by atoms with Crippen molar-refractivity contribution in [1.29, 1.82) is 0 Å². The maximum absolute atomic E-state index is 12.0. The highest BCUT2D eigenvalue weighted by atomic mass is 16.2. The van der Waals surface area contributed by atoms with Crippen molar-refractivity contribution in [2.45, 2.75) is 27.2 Å². The van der Waals surface area contributed by atoms with Gasteiger partial charge in [-0.05, 0) is 12.3 Å². The van der Waals surface area contributed by atoms with Gasteiger partial charge in [0, 0.05) is 25.7 Å². The molecule has 1 amide bonds. The van der Waals surface area contributed by atoms with E-state index in [1.54, 1.807) is 9.58 Å². The number of amides is 1. The van der Waals surface area contributed by atoms with Crippen LogP contribution in [0, 0.1) is 12.3 Å². The highest BCUT2D eigenvalue weighted by Gasteiger charge is 2.28. The van der Waals surface area contributed by atoms with E-state index in [-0.39, 0.29) is 11.3 Å². The summed E-state index contributed by atoms with van der Waals surface area (Å²) >= 11 is 0. The van der Waals surface area contributed by atoms with Crippen LogP contribution in [-0.2, 0) is 11.8 Å². The lowest BCUT2D eigenvalue weighted by Gasteiger charge is -2.30. The topological polar surface area (TPSA) is 38.1 Å². The smallest absolute Gasteiger partial charge is 0.233 e. The fourth-order valence-corrected chi connectivity index (χ4v) is 1.92. The summed E-state index contributed by atoms with van der Waals surface area (Å²) in [5.41, 5.74) is 0.879. The fourth-order valence-electron chi connectivity index (χ4n) is 1.92. The van der Waals surface area contributed by atoms with Gasteiger partial charge in [-0.25, -0.2) is 0 Å². The zero-order valence-corrected chi connectivity index (χ0v) is 10.2. The van der Waals surface area contributed by atoms with Crippen LogP contribution in [0.1, 0.15) is 26.0 Å². The molecule has 0 bridgehead atoms. The molecule has 16 heavy (non-hydrogen) atoms. The number of hydrogen-bond acceptors (Lipinski definition) is 2. The zero-order valence-electron chi connectivity index (χ0n) is 10.2. The molecule has 0 N–H and O–H groups in total. The molecule has 2 rings (SSSR count). The number of aryl methyl sites for hydroxylation is 2. The van der Waals surface area contributed by atoms with Crippen LogP contribution >= 0.6 is 0 Å². The molecule has 0 radical (unpaired) electrons. The SMILES string of the molecule is Cc1cc(N2C=CC(C)(C)CC2=O)n(C)n1. The third kappa shape index (κ3) is 1.87. The van der Waals surface area contributed by atoms with Crippen LogP contribution in [0.25, 0.3) is 0 Å². The third-order valence-electron chi connectivity index (χ3n) is 2.77. The molecule has 0 unspecified atom stereocenters. The molecule has 4 nitrogen and oxygen atoms in total. The van der Waals surface area contributed by atoms with E-state index >= 15 is 0 Å². The summed E-state index contributed by atoms with van der Waals surface area (Å²) in [6, 6.07) is 1.92. The van der Waals surface area contributed by atoms with Crippen molar-refractivity contribution >= 4 is 11.7 Å². The van der Waals surface area contributed by atoms with Gasteiger partial charge in [0.15, 0.2) is 0 Å². The molecular formula is C12H17N3O. The first-order chi connectivity index (χ1) is 7.39. The van der Waals surface area contributed by atoms with E-state index < -0.39 is 0 Å². The Morgan fingerprint density at radius 1 is 1.44 bits per heavy atom. The molecule has 1 aromatic heterocycles. The second kappa shape index (κ2) is 3.47. The summed E-state index contributed by atoms with van der Waals surface area (Å²) in [6.45, 7) is 6.05. The monoisotopic (exact) mass is 219 g/mol. The number of anilines is 1. The van der Waals surface area contributed by atoms with Crippen LogP contribution in [0.4, 0.5) is 5.82 Å². The molecule has 86 valence electrons. The summed E-state index contributed by atoms with van der Waals surface area (Å²) in [6.07, 6.45) is 4.45. The largest absolute Gasteiger partial charge is 0.274 e. The van der Waals surface area contributed by atoms with Crippen molar-refractivity contribution in [2.75, 3.05) is 4.90 Å². The minimum absolute atomic E-state index is 0.0405. The summed E-state index contributed by atoms with van der Waals surface area (Å²) in [7, 11) is 1.85. The molecule has 0 aliphatic carbocycles. The molecule has 0 atom stereocenters. The predicted molar refractivity (Wildman–Crippen MR) is 63.0 cm³/mol. The maximum atomic E-state index is 12.0. The Labute approximate surface area is 95.5 Å². The lowest BCUT2D eigenvalue weighted by molar-refractivity contribution is -0.119. The molecule has 1 aliphatic rings. The van der Waals surface area contributed by atoms with E-state index in [4.69, 9.17) is 0 Å². The van der Waals surface area contributed by atoms with Crippen LogP contribution in [-0.4, -0.2) is 15.7 Å². The zero-order chi connectivity index (χ0) is 11.9. The standard InChI is InChI=1S/C12H17N3O/c1-9-7-10(14(4)13-9)15-6-5-12(2,3)8-11(15)16/h5-7H,8H2,1-4H3. The van der Waals surface area contributed by atoms with Gasteiger partial charge < -0.3 is 0 Å².